The monoisotopic (exact) mass is 449 g/mol. The van der Waals surface area contributed by atoms with Gasteiger partial charge in [-0.2, -0.15) is 0 Å². The van der Waals surface area contributed by atoms with Gasteiger partial charge in [0.2, 0.25) is 0 Å². The lowest BCUT2D eigenvalue weighted by Gasteiger charge is -2.13. The highest BCUT2D eigenvalue weighted by atomic mass is 19.1. The number of ether oxygens (including phenoxy) is 2. The molecule has 0 saturated carbocycles. The molecule has 5 nitrogen and oxygen atoms in total. The second-order valence-electron chi connectivity index (χ2n) is 7.97. The molecule has 1 aromatic heterocycles. The topological polar surface area (TPSA) is 63.7 Å². The van der Waals surface area contributed by atoms with Crippen LogP contribution in [0.2, 0.25) is 0 Å². The lowest BCUT2D eigenvalue weighted by molar-refractivity contribution is -0.241. The number of benzene rings is 3. The molecule has 4 aromatic rings. The molecule has 0 saturated heterocycles. The second kappa shape index (κ2) is 11.0. The van der Waals surface area contributed by atoms with Gasteiger partial charge in [-0.3, -0.25) is 5.26 Å². The SMILES string of the molecule is CCCc1cc(Oc2ccc(F)cc2)ccc1OCCc1cc2cc(CCOO)ccc2[nH]1. The zero-order valence-electron chi connectivity index (χ0n) is 18.6. The Morgan fingerprint density at radius 1 is 0.848 bits per heavy atom. The molecule has 33 heavy (non-hydrogen) atoms. The number of fused-ring (bicyclic) bond motifs is 1. The van der Waals surface area contributed by atoms with Crippen molar-refractivity contribution in [3.8, 4) is 17.2 Å². The van der Waals surface area contributed by atoms with Gasteiger partial charge < -0.3 is 14.5 Å². The van der Waals surface area contributed by atoms with E-state index < -0.39 is 0 Å². The molecule has 1 heterocycles. The molecule has 0 aliphatic carbocycles. The first-order valence-corrected chi connectivity index (χ1v) is 11.2. The van der Waals surface area contributed by atoms with Crippen molar-refractivity contribution in [1.82, 2.24) is 4.98 Å². The van der Waals surface area contributed by atoms with E-state index in [4.69, 9.17) is 14.7 Å². The number of nitrogens with one attached hydrogen (secondary N) is 1. The summed E-state index contributed by atoms with van der Waals surface area (Å²) < 4.78 is 25.1. The Kier molecular flexibility index (Phi) is 7.60. The van der Waals surface area contributed by atoms with Crippen molar-refractivity contribution < 1.29 is 24.0 Å². The van der Waals surface area contributed by atoms with Gasteiger partial charge in [-0.25, -0.2) is 9.28 Å². The largest absolute Gasteiger partial charge is 0.493 e. The van der Waals surface area contributed by atoms with Crippen LogP contribution in [0.25, 0.3) is 10.9 Å². The minimum absolute atomic E-state index is 0.282. The van der Waals surface area contributed by atoms with E-state index in [9.17, 15) is 4.39 Å². The highest BCUT2D eigenvalue weighted by Gasteiger charge is 2.08. The summed E-state index contributed by atoms with van der Waals surface area (Å²) in [7, 11) is 0. The van der Waals surface area contributed by atoms with Crippen molar-refractivity contribution in [3.63, 3.8) is 0 Å². The van der Waals surface area contributed by atoms with Crippen LogP contribution in [0.15, 0.2) is 66.7 Å². The third-order valence-corrected chi connectivity index (χ3v) is 5.45. The third kappa shape index (κ3) is 6.12. The highest BCUT2D eigenvalue weighted by Crippen LogP contribution is 2.29. The zero-order chi connectivity index (χ0) is 23.0. The summed E-state index contributed by atoms with van der Waals surface area (Å²) in [5.41, 5.74) is 4.39. The number of hydrogen-bond donors (Lipinski definition) is 2. The normalized spacial score (nSPS) is 11.1. The highest BCUT2D eigenvalue weighted by molar-refractivity contribution is 5.81. The van der Waals surface area contributed by atoms with Gasteiger partial charge in [-0.15, -0.1) is 0 Å². The zero-order valence-corrected chi connectivity index (χ0v) is 18.6. The first kappa shape index (κ1) is 22.8. The Bertz CT molecular complexity index is 1190. The summed E-state index contributed by atoms with van der Waals surface area (Å²) in [5.74, 6) is 1.86. The first-order chi connectivity index (χ1) is 16.1. The maximum Gasteiger partial charge on any atom is 0.127 e. The predicted octanol–water partition coefficient (Wildman–Crippen LogP) is 6.71. The second-order valence-corrected chi connectivity index (χ2v) is 7.97. The van der Waals surface area contributed by atoms with E-state index in [1.54, 1.807) is 12.1 Å². The maximum atomic E-state index is 13.1. The number of rotatable bonds is 11. The van der Waals surface area contributed by atoms with Gasteiger partial charge in [-0.1, -0.05) is 19.4 Å². The fraction of sp³-hybridized carbons (Fsp3) is 0.259. The number of aryl methyl sites for hydroxylation is 1. The quantitative estimate of drug-likeness (QED) is 0.197. The lowest BCUT2D eigenvalue weighted by Crippen LogP contribution is -2.04. The molecule has 0 amide bonds. The number of aromatic amines is 1. The molecule has 0 radical (unpaired) electrons. The number of H-pyrrole nitrogens is 1. The average Bonchev–Trinajstić information content (AvgIpc) is 3.23. The van der Waals surface area contributed by atoms with Crippen molar-refractivity contribution in [2.24, 2.45) is 0 Å². The average molecular weight is 450 g/mol. The van der Waals surface area contributed by atoms with E-state index in [0.29, 0.717) is 24.5 Å². The van der Waals surface area contributed by atoms with Gasteiger partial charge in [0.1, 0.15) is 23.1 Å². The molecular formula is C27H28FNO4. The molecule has 0 aliphatic heterocycles. The van der Waals surface area contributed by atoms with Crippen molar-refractivity contribution in [1.29, 1.82) is 0 Å². The number of halogens is 1. The molecule has 0 spiro atoms. The van der Waals surface area contributed by atoms with Crippen LogP contribution in [0.1, 0.15) is 30.2 Å². The number of hydrogen-bond acceptors (Lipinski definition) is 4. The summed E-state index contributed by atoms with van der Waals surface area (Å²) in [6.45, 7) is 2.96. The predicted molar refractivity (Wildman–Crippen MR) is 127 cm³/mol. The molecule has 0 bridgehead atoms. The Morgan fingerprint density at radius 2 is 1.67 bits per heavy atom. The Hall–Kier alpha value is -3.35. The van der Waals surface area contributed by atoms with E-state index in [1.807, 2.05) is 30.3 Å². The first-order valence-electron chi connectivity index (χ1n) is 11.2. The molecule has 0 fully saturated rings. The van der Waals surface area contributed by atoms with Gasteiger partial charge in [0.25, 0.3) is 0 Å². The van der Waals surface area contributed by atoms with Crippen LogP contribution >= 0.6 is 0 Å². The summed E-state index contributed by atoms with van der Waals surface area (Å²) in [4.78, 5) is 7.62. The van der Waals surface area contributed by atoms with Crippen LogP contribution in [-0.4, -0.2) is 23.5 Å². The molecule has 3 aromatic carbocycles. The number of aromatic nitrogens is 1. The molecule has 0 atom stereocenters. The van der Waals surface area contributed by atoms with Gasteiger partial charge >= 0.3 is 0 Å². The van der Waals surface area contributed by atoms with Crippen LogP contribution in [0.3, 0.4) is 0 Å². The fourth-order valence-corrected chi connectivity index (χ4v) is 3.83. The molecule has 0 aliphatic rings. The van der Waals surface area contributed by atoms with Crippen LogP contribution in [0.5, 0.6) is 17.2 Å². The van der Waals surface area contributed by atoms with Crippen molar-refractivity contribution in [2.45, 2.75) is 32.6 Å². The van der Waals surface area contributed by atoms with Crippen molar-refractivity contribution >= 4 is 10.9 Å². The lowest BCUT2D eigenvalue weighted by atomic mass is 10.1. The van der Waals surface area contributed by atoms with Crippen molar-refractivity contribution in [3.05, 3.63) is 89.4 Å². The van der Waals surface area contributed by atoms with Gasteiger partial charge in [0, 0.05) is 17.6 Å². The Labute approximate surface area is 192 Å². The van der Waals surface area contributed by atoms with Crippen LogP contribution in [-0.2, 0) is 24.2 Å². The third-order valence-electron chi connectivity index (χ3n) is 5.45. The van der Waals surface area contributed by atoms with Crippen molar-refractivity contribution in [2.75, 3.05) is 13.2 Å². The molecule has 4 rings (SSSR count). The summed E-state index contributed by atoms with van der Waals surface area (Å²) in [5, 5.41) is 9.67. The molecule has 172 valence electrons. The van der Waals surface area contributed by atoms with Crippen LogP contribution < -0.4 is 9.47 Å². The summed E-state index contributed by atoms with van der Waals surface area (Å²) in [6.07, 6.45) is 3.28. The molecule has 0 unspecified atom stereocenters. The molecule has 6 heteroatoms. The fourth-order valence-electron chi connectivity index (χ4n) is 3.83. The van der Waals surface area contributed by atoms with Crippen LogP contribution in [0.4, 0.5) is 4.39 Å². The van der Waals surface area contributed by atoms with Gasteiger partial charge in [0.05, 0.1) is 13.2 Å². The maximum absolute atomic E-state index is 13.1. The Morgan fingerprint density at radius 3 is 2.45 bits per heavy atom. The summed E-state index contributed by atoms with van der Waals surface area (Å²) in [6, 6.07) is 20.1. The van der Waals surface area contributed by atoms with E-state index in [2.05, 4.69) is 28.9 Å². The van der Waals surface area contributed by atoms with E-state index >= 15 is 0 Å². The standard InChI is InChI=1S/C27H28FNO4/c1-2-3-20-18-25(33-24-7-5-22(28)6-8-24)9-11-27(20)31-14-13-23-17-21-16-19(12-15-32-30)4-10-26(21)29-23/h4-11,16-18,29-30H,2-3,12-15H2,1H3. The minimum atomic E-state index is -0.288. The van der Waals surface area contributed by atoms with Gasteiger partial charge in [-0.05, 0) is 90.0 Å². The minimum Gasteiger partial charge on any atom is -0.493 e. The molecular weight excluding hydrogens is 421 g/mol. The van der Waals surface area contributed by atoms with E-state index in [0.717, 1.165) is 52.7 Å². The van der Waals surface area contributed by atoms with E-state index in [-0.39, 0.29) is 12.4 Å². The Balaban J connectivity index is 1.39. The molecule has 2 N–H and O–H groups in total. The smallest absolute Gasteiger partial charge is 0.127 e. The van der Waals surface area contributed by atoms with Crippen LogP contribution in [0, 0.1) is 5.82 Å². The summed E-state index contributed by atoms with van der Waals surface area (Å²) >= 11 is 0. The van der Waals surface area contributed by atoms with Gasteiger partial charge in [0.15, 0.2) is 0 Å². The van der Waals surface area contributed by atoms with E-state index in [1.165, 1.54) is 12.1 Å².